The molecule has 21 heavy (non-hydrogen) atoms. The zero-order chi connectivity index (χ0) is 15.1. The lowest BCUT2D eigenvalue weighted by molar-refractivity contribution is -0.120. The Morgan fingerprint density at radius 3 is 2.76 bits per heavy atom. The lowest BCUT2D eigenvalue weighted by Crippen LogP contribution is -2.38. The Labute approximate surface area is 126 Å². The highest BCUT2D eigenvalue weighted by atomic mass is 16.5. The Kier molecular flexibility index (Phi) is 5.87. The fraction of sp³-hybridized carbons (Fsp3) is 0.562. The Hall–Kier alpha value is -1.75. The molecule has 1 unspecified atom stereocenters. The van der Waals surface area contributed by atoms with Crippen LogP contribution in [0, 0.1) is 0 Å². The predicted molar refractivity (Wildman–Crippen MR) is 85.9 cm³/mol. The molecule has 0 saturated carbocycles. The van der Waals surface area contributed by atoms with Gasteiger partial charge in [0.15, 0.2) is 0 Å². The van der Waals surface area contributed by atoms with Gasteiger partial charge < -0.3 is 20.3 Å². The van der Waals surface area contributed by atoms with Crippen LogP contribution in [0.2, 0.25) is 0 Å². The predicted octanol–water partition coefficient (Wildman–Crippen LogP) is 1.85. The van der Waals surface area contributed by atoms with E-state index in [2.05, 4.69) is 28.5 Å². The number of carbonyl (C=O) groups is 1. The number of carbonyl (C=O) groups excluding carboxylic acids is 1. The molecule has 0 aromatic heterocycles. The van der Waals surface area contributed by atoms with E-state index in [1.54, 1.807) is 0 Å². The summed E-state index contributed by atoms with van der Waals surface area (Å²) in [5.74, 6) is 0.0288. The molecule has 0 radical (unpaired) electrons. The van der Waals surface area contributed by atoms with Crippen molar-refractivity contribution in [2.75, 3.05) is 43.1 Å². The van der Waals surface area contributed by atoms with Gasteiger partial charge in [-0.2, -0.15) is 0 Å². The quantitative estimate of drug-likeness (QED) is 0.840. The van der Waals surface area contributed by atoms with Crippen molar-refractivity contribution in [1.29, 1.82) is 0 Å². The number of nitrogens with one attached hydrogen (secondary N) is 2. The van der Waals surface area contributed by atoms with Crippen molar-refractivity contribution >= 4 is 17.3 Å². The summed E-state index contributed by atoms with van der Waals surface area (Å²) >= 11 is 0. The Morgan fingerprint density at radius 2 is 2.05 bits per heavy atom. The molecule has 0 bridgehead atoms. The maximum absolute atomic E-state index is 11.9. The second-order valence-corrected chi connectivity index (χ2v) is 5.35. The fourth-order valence-corrected chi connectivity index (χ4v) is 2.31. The van der Waals surface area contributed by atoms with E-state index >= 15 is 0 Å². The number of anilines is 2. The van der Waals surface area contributed by atoms with Gasteiger partial charge in [-0.3, -0.25) is 4.79 Å². The Bertz CT molecular complexity index is 459. The number of morpholine rings is 1. The summed E-state index contributed by atoms with van der Waals surface area (Å²) in [7, 11) is 0. The third-order valence-corrected chi connectivity index (χ3v) is 3.71. The summed E-state index contributed by atoms with van der Waals surface area (Å²) in [6.45, 7) is 7.65. The van der Waals surface area contributed by atoms with Crippen molar-refractivity contribution in [3.05, 3.63) is 24.3 Å². The molecule has 0 aliphatic carbocycles. The lowest BCUT2D eigenvalue weighted by Gasteiger charge is -2.30. The summed E-state index contributed by atoms with van der Waals surface area (Å²) in [5.41, 5.74) is 2.14. The molecule has 0 spiro atoms. The van der Waals surface area contributed by atoms with Crippen molar-refractivity contribution in [3.8, 4) is 0 Å². The first-order chi connectivity index (χ1) is 10.2. The first-order valence-electron chi connectivity index (χ1n) is 7.65. The van der Waals surface area contributed by atoms with Crippen LogP contribution in [0.25, 0.3) is 0 Å². The van der Waals surface area contributed by atoms with E-state index in [1.807, 2.05) is 25.1 Å². The lowest BCUT2D eigenvalue weighted by atomic mass is 10.2. The summed E-state index contributed by atoms with van der Waals surface area (Å²) in [5, 5.41) is 6.21. The molecular formula is C16H25N3O2. The van der Waals surface area contributed by atoms with Crippen molar-refractivity contribution in [1.82, 2.24) is 5.32 Å². The number of hydrogen-bond acceptors (Lipinski definition) is 4. The van der Waals surface area contributed by atoms with Crippen LogP contribution < -0.4 is 15.5 Å². The maximum atomic E-state index is 11.9. The van der Waals surface area contributed by atoms with Crippen LogP contribution in [0.5, 0.6) is 0 Å². The van der Waals surface area contributed by atoms with Gasteiger partial charge in [-0.25, -0.2) is 0 Å². The SMILES string of the molecule is CCC(C)NC(=O)CNc1ccccc1N1CCOCC1. The topological polar surface area (TPSA) is 53.6 Å². The van der Waals surface area contributed by atoms with Gasteiger partial charge in [-0.1, -0.05) is 19.1 Å². The molecule has 1 aliphatic heterocycles. The van der Waals surface area contributed by atoms with Gasteiger partial charge in [0.05, 0.1) is 31.1 Å². The number of amides is 1. The first kappa shape index (κ1) is 15.6. The highest BCUT2D eigenvalue weighted by Gasteiger charge is 2.14. The molecule has 5 heteroatoms. The minimum absolute atomic E-state index is 0.0288. The third-order valence-electron chi connectivity index (χ3n) is 3.71. The van der Waals surface area contributed by atoms with E-state index in [1.165, 1.54) is 0 Å². The Balaban J connectivity index is 1.95. The molecular weight excluding hydrogens is 266 g/mol. The van der Waals surface area contributed by atoms with Crippen molar-refractivity contribution in [2.45, 2.75) is 26.3 Å². The summed E-state index contributed by atoms with van der Waals surface area (Å²) in [6, 6.07) is 8.32. The highest BCUT2D eigenvalue weighted by molar-refractivity contribution is 5.82. The van der Waals surface area contributed by atoms with Gasteiger partial charge >= 0.3 is 0 Å². The standard InChI is InChI=1S/C16H25N3O2/c1-3-13(2)18-16(20)12-17-14-6-4-5-7-15(14)19-8-10-21-11-9-19/h4-7,13,17H,3,8-12H2,1-2H3,(H,18,20). The van der Waals surface area contributed by atoms with Crippen LogP contribution in [0.15, 0.2) is 24.3 Å². The zero-order valence-electron chi connectivity index (χ0n) is 12.9. The van der Waals surface area contributed by atoms with E-state index in [9.17, 15) is 4.79 Å². The third kappa shape index (κ3) is 4.63. The largest absolute Gasteiger partial charge is 0.378 e. The van der Waals surface area contributed by atoms with Crippen LogP contribution in [0.1, 0.15) is 20.3 Å². The zero-order valence-corrected chi connectivity index (χ0v) is 12.9. The Morgan fingerprint density at radius 1 is 1.33 bits per heavy atom. The minimum Gasteiger partial charge on any atom is -0.378 e. The van der Waals surface area contributed by atoms with Crippen LogP contribution in [0.4, 0.5) is 11.4 Å². The second-order valence-electron chi connectivity index (χ2n) is 5.35. The first-order valence-corrected chi connectivity index (χ1v) is 7.65. The van der Waals surface area contributed by atoms with Gasteiger partial charge in [0.2, 0.25) is 5.91 Å². The summed E-state index contributed by atoms with van der Waals surface area (Å²) in [4.78, 5) is 14.2. The summed E-state index contributed by atoms with van der Waals surface area (Å²) < 4.78 is 5.39. The van der Waals surface area contributed by atoms with Gasteiger partial charge in [0.1, 0.15) is 0 Å². The maximum Gasteiger partial charge on any atom is 0.239 e. The number of para-hydroxylation sites is 2. The number of benzene rings is 1. The van der Waals surface area contributed by atoms with Crippen molar-refractivity contribution in [2.24, 2.45) is 0 Å². The summed E-state index contributed by atoms with van der Waals surface area (Å²) in [6.07, 6.45) is 0.941. The molecule has 1 aromatic carbocycles. The smallest absolute Gasteiger partial charge is 0.239 e. The molecule has 116 valence electrons. The number of rotatable bonds is 6. The molecule has 1 aliphatic rings. The van der Waals surface area contributed by atoms with Crippen molar-refractivity contribution in [3.63, 3.8) is 0 Å². The number of ether oxygens (including phenoxy) is 1. The van der Waals surface area contributed by atoms with E-state index in [0.717, 1.165) is 44.1 Å². The van der Waals surface area contributed by atoms with Gasteiger partial charge in [-0.05, 0) is 25.5 Å². The number of nitrogens with zero attached hydrogens (tertiary/aromatic N) is 1. The molecule has 1 amide bonds. The van der Waals surface area contributed by atoms with E-state index in [4.69, 9.17) is 4.74 Å². The highest BCUT2D eigenvalue weighted by Crippen LogP contribution is 2.25. The average molecular weight is 291 g/mol. The molecule has 5 nitrogen and oxygen atoms in total. The normalized spacial score (nSPS) is 16.4. The van der Waals surface area contributed by atoms with Gasteiger partial charge in [-0.15, -0.1) is 0 Å². The van der Waals surface area contributed by atoms with Gasteiger partial charge in [0.25, 0.3) is 0 Å². The molecule has 1 fully saturated rings. The molecule has 1 heterocycles. The second kappa shape index (κ2) is 7.88. The molecule has 1 atom stereocenters. The minimum atomic E-state index is 0.0288. The van der Waals surface area contributed by atoms with Crippen LogP contribution in [-0.4, -0.2) is 44.8 Å². The molecule has 2 rings (SSSR count). The van der Waals surface area contributed by atoms with E-state index < -0.39 is 0 Å². The number of hydrogen-bond donors (Lipinski definition) is 2. The fourth-order valence-electron chi connectivity index (χ4n) is 2.31. The van der Waals surface area contributed by atoms with Crippen LogP contribution >= 0.6 is 0 Å². The van der Waals surface area contributed by atoms with Crippen molar-refractivity contribution < 1.29 is 9.53 Å². The monoisotopic (exact) mass is 291 g/mol. The van der Waals surface area contributed by atoms with E-state index in [0.29, 0.717) is 6.54 Å². The van der Waals surface area contributed by atoms with E-state index in [-0.39, 0.29) is 11.9 Å². The van der Waals surface area contributed by atoms with Crippen LogP contribution in [0.3, 0.4) is 0 Å². The molecule has 2 N–H and O–H groups in total. The van der Waals surface area contributed by atoms with Gasteiger partial charge in [0, 0.05) is 19.1 Å². The molecule has 1 aromatic rings. The van der Waals surface area contributed by atoms with Crippen LogP contribution in [-0.2, 0) is 9.53 Å². The average Bonchev–Trinajstić information content (AvgIpc) is 2.54. The molecule has 1 saturated heterocycles.